The number of halogens is 3. The monoisotopic (exact) mass is 320 g/mol. The molecule has 1 unspecified atom stereocenters. The van der Waals surface area contributed by atoms with Crippen molar-refractivity contribution in [3.63, 3.8) is 0 Å². The van der Waals surface area contributed by atoms with Gasteiger partial charge in [0, 0.05) is 10.0 Å². The van der Waals surface area contributed by atoms with Crippen LogP contribution in [0.4, 0.5) is 4.39 Å². The van der Waals surface area contributed by atoms with Gasteiger partial charge in [0.1, 0.15) is 5.82 Å². The molecule has 1 aliphatic rings. The lowest BCUT2D eigenvalue weighted by Crippen LogP contribution is -2.17. The van der Waals surface area contributed by atoms with Gasteiger partial charge in [-0.2, -0.15) is 0 Å². The highest BCUT2D eigenvalue weighted by molar-refractivity contribution is 9.10. The number of hydrogen-bond acceptors (Lipinski definition) is 1. The van der Waals surface area contributed by atoms with E-state index in [0.29, 0.717) is 10.0 Å². The van der Waals surface area contributed by atoms with E-state index in [4.69, 9.17) is 11.6 Å². The minimum Gasteiger partial charge on any atom is -0.388 e. The molecule has 0 radical (unpaired) electrons. The summed E-state index contributed by atoms with van der Waals surface area (Å²) in [6.07, 6.45) is 4.59. The van der Waals surface area contributed by atoms with Crippen LogP contribution in [0.2, 0.25) is 5.02 Å². The number of benzene rings is 1. The van der Waals surface area contributed by atoms with Crippen LogP contribution in [0.1, 0.15) is 43.8 Å². The molecule has 0 amide bonds. The van der Waals surface area contributed by atoms with Gasteiger partial charge in [-0.15, -0.1) is 0 Å². The third-order valence-electron chi connectivity index (χ3n) is 3.47. The van der Waals surface area contributed by atoms with E-state index in [1.807, 2.05) is 0 Å². The van der Waals surface area contributed by atoms with Crippen LogP contribution in [0.25, 0.3) is 0 Å². The van der Waals surface area contributed by atoms with Crippen LogP contribution in [0.3, 0.4) is 0 Å². The standard InChI is InChI=1S/C13H15BrClFO/c14-9-6-7-10(15)12(16)11(9)13(17)8-4-2-1-3-5-8/h6-8,13,17H,1-5H2. The van der Waals surface area contributed by atoms with E-state index in [0.717, 1.165) is 25.7 Å². The van der Waals surface area contributed by atoms with E-state index in [9.17, 15) is 9.50 Å². The van der Waals surface area contributed by atoms with Gasteiger partial charge in [0.25, 0.3) is 0 Å². The highest BCUT2D eigenvalue weighted by Crippen LogP contribution is 2.39. The molecule has 0 spiro atoms. The van der Waals surface area contributed by atoms with Crippen molar-refractivity contribution >= 4 is 27.5 Å². The third kappa shape index (κ3) is 2.83. The van der Waals surface area contributed by atoms with Crippen LogP contribution < -0.4 is 0 Å². The summed E-state index contributed by atoms with van der Waals surface area (Å²) in [6.45, 7) is 0. The summed E-state index contributed by atoms with van der Waals surface area (Å²) in [5.41, 5.74) is 0.310. The molecule has 1 fully saturated rings. The first-order valence-electron chi connectivity index (χ1n) is 5.92. The Morgan fingerprint density at radius 3 is 2.59 bits per heavy atom. The number of rotatable bonds is 2. The van der Waals surface area contributed by atoms with E-state index < -0.39 is 11.9 Å². The SMILES string of the molecule is OC(c1c(Br)ccc(Cl)c1F)C1CCCCC1. The van der Waals surface area contributed by atoms with Gasteiger partial charge in [0.2, 0.25) is 0 Å². The molecule has 17 heavy (non-hydrogen) atoms. The second-order valence-corrected chi connectivity index (χ2v) is 5.86. The van der Waals surface area contributed by atoms with Crippen molar-refractivity contribution in [3.8, 4) is 0 Å². The van der Waals surface area contributed by atoms with E-state index >= 15 is 0 Å². The first kappa shape index (κ1) is 13.3. The molecule has 1 saturated carbocycles. The smallest absolute Gasteiger partial charge is 0.148 e. The lowest BCUT2D eigenvalue weighted by atomic mass is 9.82. The molecule has 0 aliphatic heterocycles. The Morgan fingerprint density at radius 2 is 1.94 bits per heavy atom. The number of aliphatic hydroxyl groups is 1. The van der Waals surface area contributed by atoms with Gasteiger partial charge < -0.3 is 5.11 Å². The summed E-state index contributed by atoms with van der Waals surface area (Å²) in [5, 5.41) is 10.4. The van der Waals surface area contributed by atoms with Crippen LogP contribution in [-0.2, 0) is 0 Å². The lowest BCUT2D eigenvalue weighted by molar-refractivity contribution is 0.0810. The molecule has 0 saturated heterocycles. The molecule has 1 aromatic rings. The molecule has 1 N–H and O–H groups in total. The number of aliphatic hydroxyl groups excluding tert-OH is 1. The van der Waals surface area contributed by atoms with Crippen LogP contribution in [-0.4, -0.2) is 5.11 Å². The lowest BCUT2D eigenvalue weighted by Gasteiger charge is -2.27. The summed E-state index contributed by atoms with van der Waals surface area (Å²) in [6, 6.07) is 3.19. The molecule has 94 valence electrons. The van der Waals surface area contributed by atoms with E-state index in [1.165, 1.54) is 12.5 Å². The zero-order valence-electron chi connectivity index (χ0n) is 9.43. The van der Waals surface area contributed by atoms with Crippen molar-refractivity contribution in [2.75, 3.05) is 0 Å². The topological polar surface area (TPSA) is 20.2 Å². The highest BCUT2D eigenvalue weighted by atomic mass is 79.9. The predicted octanol–water partition coefficient (Wildman–Crippen LogP) is 4.86. The Balaban J connectivity index is 2.29. The van der Waals surface area contributed by atoms with E-state index in [2.05, 4.69) is 15.9 Å². The van der Waals surface area contributed by atoms with Crippen LogP contribution in [0.15, 0.2) is 16.6 Å². The van der Waals surface area contributed by atoms with Crippen molar-refractivity contribution in [1.82, 2.24) is 0 Å². The Bertz CT molecular complexity index is 405. The Hall–Kier alpha value is -0.120. The molecular formula is C13H15BrClFO. The van der Waals surface area contributed by atoms with Gasteiger partial charge in [-0.05, 0) is 30.9 Å². The molecule has 0 bridgehead atoms. The molecule has 1 nitrogen and oxygen atoms in total. The predicted molar refractivity (Wildman–Crippen MR) is 70.6 cm³/mol. The summed E-state index contributed by atoms with van der Waals surface area (Å²) in [4.78, 5) is 0. The molecule has 1 atom stereocenters. The van der Waals surface area contributed by atoms with Crippen molar-refractivity contribution in [2.24, 2.45) is 5.92 Å². The largest absolute Gasteiger partial charge is 0.388 e. The minimum absolute atomic E-state index is 0.0676. The summed E-state index contributed by atoms with van der Waals surface area (Å²) >= 11 is 9.05. The van der Waals surface area contributed by atoms with Crippen molar-refractivity contribution in [1.29, 1.82) is 0 Å². The van der Waals surface area contributed by atoms with Gasteiger partial charge in [0.05, 0.1) is 11.1 Å². The zero-order valence-corrected chi connectivity index (χ0v) is 11.8. The Kier molecular flexibility index (Phi) is 4.45. The first-order valence-corrected chi connectivity index (χ1v) is 7.10. The highest BCUT2D eigenvalue weighted by Gasteiger charge is 2.27. The van der Waals surface area contributed by atoms with Crippen LogP contribution in [0.5, 0.6) is 0 Å². The molecule has 1 aliphatic carbocycles. The fourth-order valence-corrected chi connectivity index (χ4v) is 3.21. The maximum atomic E-state index is 13.9. The zero-order chi connectivity index (χ0) is 12.4. The summed E-state index contributed by atoms with van der Waals surface area (Å²) < 4.78 is 14.5. The summed E-state index contributed by atoms with van der Waals surface area (Å²) in [5.74, 6) is -0.355. The van der Waals surface area contributed by atoms with Crippen molar-refractivity contribution in [3.05, 3.63) is 33.0 Å². The first-order chi connectivity index (χ1) is 8.11. The number of hydrogen-bond donors (Lipinski definition) is 1. The minimum atomic E-state index is -0.761. The summed E-state index contributed by atoms with van der Waals surface area (Å²) in [7, 11) is 0. The molecule has 0 heterocycles. The normalized spacial score (nSPS) is 19.3. The van der Waals surface area contributed by atoms with E-state index in [1.54, 1.807) is 6.07 Å². The van der Waals surface area contributed by atoms with Gasteiger partial charge in [-0.1, -0.05) is 46.8 Å². The quantitative estimate of drug-likeness (QED) is 0.772. The van der Waals surface area contributed by atoms with Crippen molar-refractivity contribution < 1.29 is 9.50 Å². The average molecular weight is 322 g/mol. The van der Waals surface area contributed by atoms with E-state index in [-0.39, 0.29) is 10.9 Å². The Labute approximate surface area is 114 Å². The van der Waals surface area contributed by atoms with Crippen LogP contribution >= 0.6 is 27.5 Å². The maximum absolute atomic E-state index is 13.9. The van der Waals surface area contributed by atoms with Crippen LogP contribution in [0, 0.1) is 11.7 Å². The Morgan fingerprint density at radius 1 is 1.29 bits per heavy atom. The van der Waals surface area contributed by atoms with Crippen molar-refractivity contribution in [2.45, 2.75) is 38.2 Å². The van der Waals surface area contributed by atoms with Gasteiger partial charge in [-0.25, -0.2) is 4.39 Å². The maximum Gasteiger partial charge on any atom is 0.148 e. The second-order valence-electron chi connectivity index (χ2n) is 4.60. The molecule has 1 aromatic carbocycles. The third-order valence-corrected chi connectivity index (χ3v) is 4.45. The molecule has 0 aromatic heterocycles. The van der Waals surface area contributed by atoms with Gasteiger partial charge >= 0.3 is 0 Å². The molecule has 4 heteroatoms. The average Bonchev–Trinajstić information content (AvgIpc) is 2.35. The second kappa shape index (κ2) is 5.68. The fourth-order valence-electron chi connectivity index (χ4n) is 2.50. The molecule has 2 rings (SSSR count). The van der Waals surface area contributed by atoms with Gasteiger partial charge in [-0.3, -0.25) is 0 Å². The molecular weight excluding hydrogens is 306 g/mol. The van der Waals surface area contributed by atoms with Gasteiger partial charge in [0.15, 0.2) is 0 Å². The fraction of sp³-hybridized carbons (Fsp3) is 0.538.